The molecule has 82 heavy (non-hydrogen) atoms. The summed E-state index contributed by atoms with van der Waals surface area (Å²) in [7, 11) is 0. The van der Waals surface area contributed by atoms with Gasteiger partial charge in [-0.2, -0.15) is 0 Å². The van der Waals surface area contributed by atoms with E-state index in [1.807, 2.05) is 0 Å². The van der Waals surface area contributed by atoms with Gasteiger partial charge in [-0.05, 0) is 159 Å². The molecule has 0 unspecified atom stereocenters. The molecule has 8 aromatic carbocycles. The van der Waals surface area contributed by atoms with Gasteiger partial charge in [-0.1, -0.05) is 242 Å². The number of fused-ring (bicyclic) bond motifs is 8. The fourth-order valence-corrected chi connectivity index (χ4v) is 13.3. The van der Waals surface area contributed by atoms with Crippen LogP contribution in [0.15, 0.2) is 152 Å². The molecule has 10 aromatic rings. The van der Waals surface area contributed by atoms with E-state index in [-0.39, 0.29) is 44.8 Å². The molecule has 12 rings (SSSR count). The van der Waals surface area contributed by atoms with E-state index < -0.39 is 0 Å². The van der Waals surface area contributed by atoms with E-state index in [0.29, 0.717) is 0 Å². The maximum atomic E-state index is 2.85. The van der Waals surface area contributed by atoms with Crippen LogP contribution >= 0.6 is 0 Å². The summed E-state index contributed by atoms with van der Waals surface area (Å²) in [5.41, 5.74) is 27.8. The van der Waals surface area contributed by atoms with Gasteiger partial charge in [0.1, 0.15) is 0 Å². The van der Waals surface area contributed by atoms with E-state index >= 15 is 0 Å². The summed E-state index contributed by atoms with van der Waals surface area (Å²) in [5.74, 6) is 0. The lowest BCUT2D eigenvalue weighted by Gasteiger charge is -2.42. The summed E-state index contributed by atoms with van der Waals surface area (Å²) in [4.78, 5) is 2.62. The Bertz CT molecular complexity index is 4180. The van der Waals surface area contributed by atoms with E-state index in [1.54, 1.807) is 0 Å². The predicted octanol–water partition coefficient (Wildman–Crippen LogP) is 20.6. The molecule has 2 aromatic heterocycles. The summed E-state index contributed by atoms with van der Waals surface area (Å²) >= 11 is 0. The largest absolute Gasteiger partial charge is 0.375 e. The van der Waals surface area contributed by atoms with Gasteiger partial charge in [-0.25, -0.2) is 0 Å². The van der Waals surface area contributed by atoms with Crippen molar-refractivity contribution in [1.82, 2.24) is 9.05 Å². The van der Waals surface area contributed by atoms with Crippen LogP contribution in [0.1, 0.15) is 184 Å². The van der Waals surface area contributed by atoms with Crippen LogP contribution in [0.2, 0.25) is 0 Å². The van der Waals surface area contributed by atoms with Gasteiger partial charge in [-0.3, -0.25) is 0 Å². The molecule has 0 bridgehead atoms. The van der Waals surface area contributed by atoms with Crippen LogP contribution in [0.3, 0.4) is 0 Å². The van der Waals surface area contributed by atoms with Crippen molar-refractivity contribution < 1.29 is 0 Å². The van der Waals surface area contributed by atoms with Gasteiger partial charge in [0.05, 0.1) is 11.0 Å². The first-order valence-electron chi connectivity index (χ1n) is 30.4. The molecule has 0 fully saturated rings. The normalized spacial score (nSPS) is 14.1. The lowest BCUT2D eigenvalue weighted by Crippen LogP contribution is -2.57. The fourth-order valence-electron chi connectivity index (χ4n) is 13.3. The number of hydrogen-bond donors (Lipinski definition) is 0. The standard InChI is InChI=1S/C78H88BN3/c1-72(2,3)49-26-22-47(23-27-49)66-67-70-60(58-42-53(76(13,14)15)34-40-63(58)81(70)57-38-32-52(33-39-57)75(10,11)12)46-61-59-43-55(78(19,20)21)45-65-68(59)79(82(71(61)67)69(66)48-24-28-50(29-25-48)73(4,5)6)62-44-54(77(16,17)18)35-41-64(62)80(65)56-36-30-51(31-37-56)74(7,8)9/h22-46H,1-21H3. The van der Waals surface area contributed by atoms with Crippen molar-refractivity contribution in [1.29, 1.82) is 0 Å². The minimum Gasteiger partial charge on any atom is -0.375 e. The van der Waals surface area contributed by atoms with Crippen LogP contribution in [-0.2, 0) is 37.9 Å². The third-order valence-electron chi connectivity index (χ3n) is 18.4. The Hall–Kier alpha value is -7.04. The highest BCUT2D eigenvalue weighted by Crippen LogP contribution is 2.55. The summed E-state index contributed by atoms with van der Waals surface area (Å²) in [5, 5.41) is 3.85. The Balaban J connectivity index is 1.36. The molecule has 418 valence electrons. The molecule has 2 aliphatic heterocycles. The van der Waals surface area contributed by atoms with Crippen LogP contribution in [-0.4, -0.2) is 15.9 Å². The Morgan fingerprint density at radius 3 is 1.27 bits per heavy atom. The van der Waals surface area contributed by atoms with Gasteiger partial charge in [0.25, 0.3) is 0 Å². The molecule has 0 aliphatic carbocycles. The predicted molar refractivity (Wildman–Crippen MR) is 359 cm³/mol. The lowest BCUT2D eigenvalue weighted by atomic mass is 9.44. The van der Waals surface area contributed by atoms with Crippen molar-refractivity contribution in [2.24, 2.45) is 0 Å². The van der Waals surface area contributed by atoms with Crippen molar-refractivity contribution >= 4 is 67.5 Å². The van der Waals surface area contributed by atoms with Crippen LogP contribution in [0, 0.1) is 0 Å². The summed E-state index contributed by atoms with van der Waals surface area (Å²) in [6.07, 6.45) is 0. The van der Waals surface area contributed by atoms with Crippen LogP contribution < -0.4 is 15.8 Å². The zero-order valence-electron chi connectivity index (χ0n) is 53.4. The van der Waals surface area contributed by atoms with Crippen molar-refractivity contribution in [3.05, 3.63) is 191 Å². The molecule has 0 N–H and O–H groups in total. The van der Waals surface area contributed by atoms with E-state index in [9.17, 15) is 0 Å². The third kappa shape index (κ3) is 8.99. The van der Waals surface area contributed by atoms with Crippen LogP contribution in [0.25, 0.3) is 71.9 Å². The van der Waals surface area contributed by atoms with Crippen molar-refractivity contribution in [2.75, 3.05) is 4.90 Å². The zero-order chi connectivity index (χ0) is 58.9. The summed E-state index contributed by atoms with van der Waals surface area (Å²) < 4.78 is 5.48. The second-order valence-corrected chi connectivity index (χ2v) is 31.7. The Morgan fingerprint density at radius 1 is 0.329 bits per heavy atom. The third-order valence-corrected chi connectivity index (χ3v) is 18.4. The fraction of sp³-hybridized carbons (Fsp3) is 0.359. The van der Waals surface area contributed by atoms with Gasteiger partial charge in [0, 0.05) is 61.2 Å². The molecule has 3 nitrogen and oxygen atoms in total. The molecule has 4 heteroatoms. The Morgan fingerprint density at radius 2 is 0.768 bits per heavy atom. The highest BCUT2D eigenvalue weighted by molar-refractivity contribution is 6.90. The van der Waals surface area contributed by atoms with Gasteiger partial charge >= 0.3 is 6.85 Å². The highest BCUT2D eigenvalue weighted by Gasteiger charge is 2.46. The van der Waals surface area contributed by atoms with Gasteiger partial charge in [0.2, 0.25) is 0 Å². The number of rotatable bonds is 4. The molecule has 0 spiro atoms. The van der Waals surface area contributed by atoms with E-state index in [2.05, 4.69) is 311 Å². The molecule has 0 saturated carbocycles. The SMILES string of the molecule is CC(C)(C)c1ccc(-c2c(-c3ccc(C(C)(C)C)cc3)n3c4c(cc5c6cc(C(C)(C)C)ccc6n(-c6ccc(C(C)(C)C)cc6)c5c24)-c2cc(C(C)(C)C)cc4c2B3c2cc(C(C)(C)C)ccc2N4c2ccc(C(C)(C)C)cc2)cc1. The number of nitrogens with zero attached hydrogens (tertiary/aromatic N) is 3. The number of anilines is 3. The van der Waals surface area contributed by atoms with E-state index in [1.165, 1.54) is 139 Å². The first-order chi connectivity index (χ1) is 38.1. The van der Waals surface area contributed by atoms with Crippen molar-refractivity contribution in [3.63, 3.8) is 0 Å². The molecule has 0 atom stereocenters. The van der Waals surface area contributed by atoms with Gasteiger partial charge in [-0.15, -0.1) is 0 Å². The molecular formula is C78H88BN3. The molecule has 0 amide bonds. The molecule has 0 saturated heterocycles. The molecule has 2 aliphatic rings. The quantitative estimate of drug-likeness (QED) is 0.160. The first kappa shape index (κ1) is 55.5. The maximum absolute atomic E-state index is 2.85. The van der Waals surface area contributed by atoms with Crippen molar-refractivity contribution in [2.45, 2.75) is 183 Å². The zero-order valence-corrected chi connectivity index (χ0v) is 53.4. The summed E-state index contributed by atoms with van der Waals surface area (Å²) in [6.45, 7) is 49.1. The van der Waals surface area contributed by atoms with Gasteiger partial charge < -0.3 is 13.9 Å². The van der Waals surface area contributed by atoms with Crippen molar-refractivity contribution in [3.8, 4) is 39.2 Å². The number of hydrogen-bond acceptors (Lipinski definition) is 1. The molecular weight excluding hydrogens is 990 g/mol. The number of benzene rings is 8. The topological polar surface area (TPSA) is 13.1 Å². The second-order valence-electron chi connectivity index (χ2n) is 31.7. The lowest BCUT2D eigenvalue weighted by molar-refractivity contribution is 0.589. The van der Waals surface area contributed by atoms with E-state index in [4.69, 9.17) is 0 Å². The minimum absolute atomic E-state index is 0.00787. The highest BCUT2D eigenvalue weighted by atomic mass is 15.2. The average molecular weight is 1080 g/mol. The summed E-state index contributed by atoms with van der Waals surface area (Å²) in [6, 6.07) is 60.9. The van der Waals surface area contributed by atoms with Gasteiger partial charge in [0.15, 0.2) is 0 Å². The van der Waals surface area contributed by atoms with Crippen LogP contribution in [0.4, 0.5) is 17.1 Å². The second kappa shape index (κ2) is 18.2. The average Bonchev–Trinajstić information content (AvgIpc) is 1.47. The smallest absolute Gasteiger partial charge is 0.333 e. The van der Waals surface area contributed by atoms with E-state index in [0.717, 1.165) is 0 Å². The minimum atomic E-state index is -0.176. The number of aromatic nitrogens is 2. The first-order valence-corrected chi connectivity index (χ1v) is 30.4. The molecule has 4 heterocycles. The Kier molecular flexibility index (Phi) is 12.3. The Labute approximate surface area is 491 Å². The molecule has 0 radical (unpaired) electrons. The monoisotopic (exact) mass is 1080 g/mol. The van der Waals surface area contributed by atoms with Crippen LogP contribution in [0.5, 0.6) is 0 Å². The maximum Gasteiger partial charge on any atom is 0.333 e.